The Balaban J connectivity index is 3.41. The summed E-state index contributed by atoms with van der Waals surface area (Å²) >= 11 is 5.61. The van der Waals surface area contributed by atoms with Crippen molar-refractivity contribution in [2.75, 3.05) is 32.8 Å². The van der Waals surface area contributed by atoms with E-state index in [0.717, 1.165) is 25.9 Å². The second-order valence-corrected chi connectivity index (χ2v) is 3.91. The van der Waals surface area contributed by atoms with Crippen molar-refractivity contribution < 1.29 is 14.3 Å². The van der Waals surface area contributed by atoms with E-state index in [2.05, 4.69) is 0 Å². The molecule has 15 heavy (non-hydrogen) atoms. The normalized spacial score (nSPS) is 12.7. The number of hydrogen-bond acceptors (Lipinski definition) is 3. The monoisotopic (exact) mass is 236 g/mol. The minimum Gasteiger partial charge on any atom is -0.385 e. The summed E-state index contributed by atoms with van der Waals surface area (Å²) in [6.07, 6.45) is 2.42. The van der Waals surface area contributed by atoms with E-state index < -0.39 is 0 Å². The molecule has 0 aromatic heterocycles. The predicted octanol–water partition coefficient (Wildman–Crippen LogP) is 2.26. The maximum atomic E-state index is 11.2. The Kier molecular flexibility index (Phi) is 10.3. The van der Waals surface area contributed by atoms with Crippen LogP contribution in [0.4, 0.5) is 0 Å². The lowest BCUT2D eigenvalue weighted by Crippen LogP contribution is -2.14. The van der Waals surface area contributed by atoms with Gasteiger partial charge in [0, 0.05) is 38.7 Å². The molecular formula is C11H21ClO3. The van der Waals surface area contributed by atoms with Crippen LogP contribution < -0.4 is 0 Å². The van der Waals surface area contributed by atoms with E-state index in [1.54, 1.807) is 14.0 Å². The molecule has 3 nitrogen and oxygen atoms in total. The number of alkyl halides is 1. The number of carbonyl (C=O) groups is 1. The van der Waals surface area contributed by atoms with Gasteiger partial charge in [-0.3, -0.25) is 4.79 Å². The van der Waals surface area contributed by atoms with E-state index >= 15 is 0 Å². The third kappa shape index (κ3) is 8.85. The standard InChI is InChI=1S/C11H21ClO3/c1-10(13)11(4-6-12)5-9-15-8-3-7-14-2/h11H,3-9H2,1-2H3. The van der Waals surface area contributed by atoms with Gasteiger partial charge in [0.1, 0.15) is 5.78 Å². The zero-order valence-corrected chi connectivity index (χ0v) is 10.4. The molecular weight excluding hydrogens is 216 g/mol. The van der Waals surface area contributed by atoms with Crippen molar-refractivity contribution >= 4 is 17.4 Å². The second-order valence-electron chi connectivity index (χ2n) is 3.53. The van der Waals surface area contributed by atoms with Gasteiger partial charge in [0.25, 0.3) is 0 Å². The van der Waals surface area contributed by atoms with E-state index in [9.17, 15) is 4.79 Å². The molecule has 0 bridgehead atoms. The van der Waals surface area contributed by atoms with E-state index in [4.69, 9.17) is 21.1 Å². The van der Waals surface area contributed by atoms with Crippen LogP contribution in [0.5, 0.6) is 0 Å². The molecule has 0 saturated heterocycles. The van der Waals surface area contributed by atoms with Crippen LogP contribution in [0.15, 0.2) is 0 Å². The summed E-state index contributed by atoms with van der Waals surface area (Å²) in [5.74, 6) is 0.801. The number of rotatable bonds is 10. The number of ketones is 1. The van der Waals surface area contributed by atoms with Crippen molar-refractivity contribution in [3.63, 3.8) is 0 Å². The number of hydrogen-bond donors (Lipinski definition) is 0. The number of Topliss-reactive ketones (excluding diaryl/α,β-unsaturated/α-hetero) is 1. The highest BCUT2D eigenvalue weighted by molar-refractivity contribution is 6.18. The van der Waals surface area contributed by atoms with Crippen LogP contribution in [0.1, 0.15) is 26.2 Å². The van der Waals surface area contributed by atoms with E-state index in [0.29, 0.717) is 19.1 Å². The van der Waals surface area contributed by atoms with Crippen LogP contribution in [0.3, 0.4) is 0 Å². The third-order valence-corrected chi connectivity index (χ3v) is 2.50. The molecule has 0 saturated carbocycles. The first-order valence-electron chi connectivity index (χ1n) is 5.35. The largest absolute Gasteiger partial charge is 0.385 e. The number of ether oxygens (including phenoxy) is 2. The summed E-state index contributed by atoms with van der Waals surface area (Å²) in [6, 6.07) is 0. The minimum atomic E-state index is 0.0601. The highest BCUT2D eigenvalue weighted by atomic mass is 35.5. The molecule has 0 heterocycles. The third-order valence-electron chi connectivity index (χ3n) is 2.28. The molecule has 0 aromatic carbocycles. The first kappa shape index (κ1) is 14.9. The van der Waals surface area contributed by atoms with E-state index in [1.807, 2.05) is 0 Å². The Labute approximate surface area is 97.1 Å². The van der Waals surface area contributed by atoms with Gasteiger partial charge in [0.05, 0.1) is 0 Å². The molecule has 0 aliphatic heterocycles. The van der Waals surface area contributed by atoms with Crippen LogP contribution in [-0.4, -0.2) is 38.6 Å². The van der Waals surface area contributed by atoms with Crippen LogP contribution in [0.2, 0.25) is 0 Å². The number of halogens is 1. The van der Waals surface area contributed by atoms with Gasteiger partial charge in [-0.05, 0) is 26.2 Å². The Bertz CT molecular complexity index is 162. The second kappa shape index (κ2) is 10.4. The van der Waals surface area contributed by atoms with Crippen molar-refractivity contribution in [1.82, 2.24) is 0 Å². The van der Waals surface area contributed by atoms with E-state index in [1.165, 1.54) is 0 Å². The van der Waals surface area contributed by atoms with Crippen molar-refractivity contribution in [2.24, 2.45) is 5.92 Å². The summed E-state index contributed by atoms with van der Waals surface area (Å²) in [5.41, 5.74) is 0. The molecule has 0 N–H and O–H groups in total. The number of methoxy groups -OCH3 is 1. The predicted molar refractivity (Wildman–Crippen MR) is 61.4 cm³/mol. The van der Waals surface area contributed by atoms with Crippen LogP contribution in [0.25, 0.3) is 0 Å². The van der Waals surface area contributed by atoms with Gasteiger partial charge >= 0.3 is 0 Å². The van der Waals surface area contributed by atoms with Crippen molar-refractivity contribution in [3.8, 4) is 0 Å². The van der Waals surface area contributed by atoms with Crippen LogP contribution in [0, 0.1) is 5.92 Å². The molecule has 1 atom stereocenters. The van der Waals surface area contributed by atoms with Crippen molar-refractivity contribution in [1.29, 1.82) is 0 Å². The highest BCUT2D eigenvalue weighted by Gasteiger charge is 2.12. The van der Waals surface area contributed by atoms with Gasteiger partial charge in [-0.25, -0.2) is 0 Å². The Morgan fingerprint density at radius 1 is 1.27 bits per heavy atom. The quantitative estimate of drug-likeness (QED) is 0.431. The lowest BCUT2D eigenvalue weighted by atomic mass is 9.99. The zero-order valence-electron chi connectivity index (χ0n) is 9.63. The Morgan fingerprint density at radius 2 is 2.00 bits per heavy atom. The molecule has 0 spiro atoms. The van der Waals surface area contributed by atoms with Crippen LogP contribution in [-0.2, 0) is 14.3 Å². The summed E-state index contributed by atoms with van der Waals surface area (Å²) in [4.78, 5) is 11.2. The minimum absolute atomic E-state index is 0.0601. The van der Waals surface area contributed by atoms with Gasteiger partial charge in [-0.1, -0.05) is 0 Å². The fourth-order valence-corrected chi connectivity index (χ4v) is 1.58. The fraction of sp³-hybridized carbons (Fsp3) is 0.909. The molecule has 0 aliphatic carbocycles. The van der Waals surface area contributed by atoms with Crippen LogP contribution >= 0.6 is 11.6 Å². The molecule has 0 fully saturated rings. The van der Waals surface area contributed by atoms with Gasteiger partial charge < -0.3 is 9.47 Å². The molecule has 1 unspecified atom stereocenters. The average Bonchev–Trinajstić information content (AvgIpc) is 2.21. The average molecular weight is 237 g/mol. The van der Waals surface area contributed by atoms with Gasteiger partial charge in [-0.15, -0.1) is 11.6 Å². The molecule has 90 valence electrons. The molecule has 4 heteroatoms. The molecule has 0 aliphatic rings. The summed E-state index contributed by atoms with van der Waals surface area (Å²) < 4.78 is 10.3. The van der Waals surface area contributed by atoms with Crippen molar-refractivity contribution in [2.45, 2.75) is 26.2 Å². The zero-order chi connectivity index (χ0) is 11.5. The highest BCUT2D eigenvalue weighted by Crippen LogP contribution is 2.11. The molecule has 0 radical (unpaired) electrons. The SMILES string of the molecule is COCCCOCCC(CCCl)C(C)=O. The first-order chi connectivity index (χ1) is 7.22. The van der Waals surface area contributed by atoms with Gasteiger partial charge in [0.2, 0.25) is 0 Å². The van der Waals surface area contributed by atoms with Gasteiger partial charge in [-0.2, -0.15) is 0 Å². The van der Waals surface area contributed by atoms with Crippen molar-refractivity contribution in [3.05, 3.63) is 0 Å². The van der Waals surface area contributed by atoms with E-state index in [-0.39, 0.29) is 11.7 Å². The summed E-state index contributed by atoms with van der Waals surface area (Å²) in [6.45, 7) is 3.66. The Hall–Kier alpha value is -0.120. The molecule has 0 amide bonds. The summed E-state index contributed by atoms with van der Waals surface area (Å²) in [5, 5.41) is 0. The maximum Gasteiger partial charge on any atom is 0.133 e. The lowest BCUT2D eigenvalue weighted by Gasteiger charge is -2.11. The Morgan fingerprint density at radius 3 is 2.53 bits per heavy atom. The fourth-order valence-electron chi connectivity index (χ4n) is 1.32. The lowest BCUT2D eigenvalue weighted by molar-refractivity contribution is -0.121. The topological polar surface area (TPSA) is 35.5 Å². The summed E-state index contributed by atoms with van der Waals surface area (Å²) in [7, 11) is 1.67. The van der Waals surface area contributed by atoms with Gasteiger partial charge in [0.15, 0.2) is 0 Å². The molecule has 0 rings (SSSR count). The number of carbonyl (C=O) groups excluding carboxylic acids is 1. The first-order valence-corrected chi connectivity index (χ1v) is 5.89. The molecule has 0 aromatic rings. The maximum absolute atomic E-state index is 11.2. The smallest absolute Gasteiger partial charge is 0.133 e.